The second-order valence-corrected chi connectivity index (χ2v) is 8.79. The van der Waals surface area contributed by atoms with Gasteiger partial charge in [0.15, 0.2) is 0 Å². The summed E-state index contributed by atoms with van der Waals surface area (Å²) in [5.74, 6) is 0.178. The smallest absolute Gasteiger partial charge is 0.220 e. The quantitative estimate of drug-likeness (QED) is 0.175. The molecule has 180 valence electrons. The Kier molecular flexibility index (Phi) is 14.5. The van der Waals surface area contributed by atoms with Gasteiger partial charge in [0, 0.05) is 30.1 Å². The number of fused-ring (bicyclic) bond motifs is 1. The van der Waals surface area contributed by atoms with E-state index in [0.717, 1.165) is 44.0 Å². The zero-order valence-corrected chi connectivity index (χ0v) is 20.7. The van der Waals surface area contributed by atoms with E-state index in [1.807, 2.05) is 6.07 Å². The molecular weight excluding hydrogens is 404 g/mol. The lowest BCUT2D eigenvalue weighted by Gasteiger charge is -2.05. The summed E-state index contributed by atoms with van der Waals surface area (Å²) in [7, 11) is 0. The highest BCUT2D eigenvalue weighted by Crippen LogP contribution is 2.17. The molecule has 2 rings (SSSR count). The van der Waals surface area contributed by atoms with Crippen LogP contribution in [0.15, 0.2) is 66.9 Å². The van der Waals surface area contributed by atoms with E-state index in [-0.39, 0.29) is 5.91 Å². The fraction of sp³-hybridized carbons (Fsp3) is 0.500. The first kappa shape index (κ1) is 26.7. The van der Waals surface area contributed by atoms with Crippen LogP contribution in [0.1, 0.15) is 89.5 Å². The van der Waals surface area contributed by atoms with E-state index < -0.39 is 0 Å². The molecule has 0 saturated heterocycles. The number of hydrogen-bond donors (Lipinski definition) is 2. The molecule has 0 aliphatic carbocycles. The van der Waals surface area contributed by atoms with Crippen molar-refractivity contribution in [3.05, 3.63) is 72.5 Å². The number of rotatable bonds is 18. The summed E-state index contributed by atoms with van der Waals surface area (Å²) in [6, 6.07) is 8.31. The second-order valence-electron chi connectivity index (χ2n) is 8.79. The van der Waals surface area contributed by atoms with Crippen molar-refractivity contribution in [2.45, 2.75) is 90.4 Å². The molecular formula is C30H44N2O. The molecule has 1 heterocycles. The molecule has 0 aliphatic heterocycles. The Bertz CT molecular complexity index is 859. The summed E-state index contributed by atoms with van der Waals surface area (Å²) >= 11 is 0. The van der Waals surface area contributed by atoms with Gasteiger partial charge in [-0.05, 0) is 63.0 Å². The topological polar surface area (TPSA) is 44.9 Å². The number of H-pyrrole nitrogens is 1. The Labute approximate surface area is 201 Å². The number of aromatic amines is 1. The van der Waals surface area contributed by atoms with Crippen LogP contribution in [0.5, 0.6) is 0 Å². The van der Waals surface area contributed by atoms with Gasteiger partial charge in [0.2, 0.25) is 5.91 Å². The Hall–Kier alpha value is -2.55. The van der Waals surface area contributed by atoms with Crippen molar-refractivity contribution in [1.82, 2.24) is 10.3 Å². The standard InChI is InChI=1S/C30H44N2O/c1-2-3-4-5-6-7-8-9-10-11-12-13-14-15-16-17-18-23-30(33)31-25-24-27-26-32-29-22-20-19-21-28(27)29/h6-7,9-10,12-13,19-22,26,32H,2-5,8,11,14-18,23-25H2,1H3,(H,31,33)/b7-6-,10-9-,13-12-. The zero-order valence-electron chi connectivity index (χ0n) is 20.7. The molecule has 0 fully saturated rings. The molecule has 0 aliphatic rings. The second kappa shape index (κ2) is 17.9. The maximum atomic E-state index is 12.1. The van der Waals surface area contributed by atoms with Crippen LogP contribution < -0.4 is 5.32 Å². The van der Waals surface area contributed by atoms with Crippen molar-refractivity contribution < 1.29 is 4.79 Å². The predicted octanol–water partition coefficient (Wildman–Crippen LogP) is 8.20. The normalized spacial score (nSPS) is 12.0. The summed E-state index contributed by atoms with van der Waals surface area (Å²) in [4.78, 5) is 15.3. The number of carbonyl (C=O) groups is 1. The highest BCUT2D eigenvalue weighted by Gasteiger charge is 2.04. The first-order valence-corrected chi connectivity index (χ1v) is 13.1. The Morgan fingerprint density at radius 2 is 1.52 bits per heavy atom. The lowest BCUT2D eigenvalue weighted by molar-refractivity contribution is -0.121. The molecule has 2 aromatic rings. The molecule has 33 heavy (non-hydrogen) atoms. The Balaban J connectivity index is 1.39. The number of hydrogen-bond acceptors (Lipinski definition) is 1. The number of amides is 1. The average Bonchev–Trinajstić information content (AvgIpc) is 3.24. The molecule has 0 unspecified atom stereocenters. The SMILES string of the molecule is CCCCC/C=C\C/C=C\C/C=C\CCCCCCC(=O)NCCc1c[nH]c2ccccc12. The average molecular weight is 449 g/mol. The zero-order chi connectivity index (χ0) is 23.4. The molecule has 0 atom stereocenters. The highest BCUT2D eigenvalue weighted by atomic mass is 16.1. The van der Waals surface area contributed by atoms with Gasteiger partial charge < -0.3 is 10.3 Å². The lowest BCUT2D eigenvalue weighted by Crippen LogP contribution is -2.25. The fourth-order valence-corrected chi connectivity index (χ4v) is 3.95. The first-order valence-electron chi connectivity index (χ1n) is 13.1. The van der Waals surface area contributed by atoms with Crippen LogP contribution in [0, 0.1) is 0 Å². The molecule has 0 bridgehead atoms. The monoisotopic (exact) mass is 448 g/mol. The van der Waals surface area contributed by atoms with Crippen LogP contribution in [0.4, 0.5) is 0 Å². The number of benzene rings is 1. The lowest BCUT2D eigenvalue weighted by atomic mass is 10.1. The van der Waals surface area contributed by atoms with Crippen LogP contribution >= 0.6 is 0 Å². The highest BCUT2D eigenvalue weighted by molar-refractivity contribution is 5.83. The van der Waals surface area contributed by atoms with E-state index in [0.29, 0.717) is 13.0 Å². The van der Waals surface area contributed by atoms with E-state index in [4.69, 9.17) is 0 Å². The van der Waals surface area contributed by atoms with Gasteiger partial charge in [-0.25, -0.2) is 0 Å². The number of allylic oxidation sites excluding steroid dienone is 6. The largest absolute Gasteiger partial charge is 0.361 e. The summed E-state index contributed by atoms with van der Waals surface area (Å²) in [6.45, 7) is 2.95. The maximum Gasteiger partial charge on any atom is 0.220 e. The minimum atomic E-state index is 0.178. The van der Waals surface area contributed by atoms with Gasteiger partial charge in [0.05, 0.1) is 0 Å². The molecule has 1 aromatic heterocycles. The van der Waals surface area contributed by atoms with Crippen molar-refractivity contribution in [2.75, 3.05) is 6.54 Å². The van der Waals surface area contributed by atoms with Crippen molar-refractivity contribution in [2.24, 2.45) is 0 Å². The number of nitrogens with one attached hydrogen (secondary N) is 2. The maximum absolute atomic E-state index is 12.1. The molecule has 0 spiro atoms. The first-order chi connectivity index (χ1) is 16.3. The Morgan fingerprint density at radius 3 is 2.27 bits per heavy atom. The van der Waals surface area contributed by atoms with Gasteiger partial charge in [-0.15, -0.1) is 0 Å². The molecule has 0 radical (unpaired) electrons. The van der Waals surface area contributed by atoms with E-state index in [1.54, 1.807) is 0 Å². The summed E-state index contributed by atoms with van der Waals surface area (Å²) in [5.41, 5.74) is 2.43. The molecule has 2 N–H and O–H groups in total. The summed E-state index contributed by atoms with van der Waals surface area (Å²) in [6.07, 6.45) is 30.1. The van der Waals surface area contributed by atoms with Crippen molar-refractivity contribution >= 4 is 16.8 Å². The van der Waals surface area contributed by atoms with Crippen LogP contribution in [0.25, 0.3) is 10.9 Å². The van der Waals surface area contributed by atoms with Crippen molar-refractivity contribution in [1.29, 1.82) is 0 Å². The van der Waals surface area contributed by atoms with E-state index >= 15 is 0 Å². The molecule has 1 aromatic carbocycles. The van der Waals surface area contributed by atoms with E-state index in [2.05, 4.69) is 78.1 Å². The van der Waals surface area contributed by atoms with Gasteiger partial charge in [-0.1, -0.05) is 87.3 Å². The van der Waals surface area contributed by atoms with Gasteiger partial charge in [0.25, 0.3) is 0 Å². The number of carbonyl (C=O) groups excluding carboxylic acids is 1. The number of unbranched alkanes of at least 4 members (excludes halogenated alkanes) is 7. The molecule has 1 amide bonds. The molecule has 3 heteroatoms. The number of aromatic nitrogens is 1. The minimum Gasteiger partial charge on any atom is -0.361 e. The Morgan fingerprint density at radius 1 is 0.848 bits per heavy atom. The van der Waals surface area contributed by atoms with Crippen molar-refractivity contribution in [3.63, 3.8) is 0 Å². The van der Waals surface area contributed by atoms with Crippen LogP contribution in [0.2, 0.25) is 0 Å². The predicted molar refractivity (Wildman–Crippen MR) is 144 cm³/mol. The van der Waals surface area contributed by atoms with E-state index in [1.165, 1.54) is 49.5 Å². The van der Waals surface area contributed by atoms with Crippen LogP contribution in [0.3, 0.4) is 0 Å². The summed E-state index contributed by atoms with van der Waals surface area (Å²) in [5, 5.41) is 4.32. The molecule has 3 nitrogen and oxygen atoms in total. The third kappa shape index (κ3) is 12.3. The number of para-hydroxylation sites is 1. The van der Waals surface area contributed by atoms with Crippen LogP contribution in [-0.4, -0.2) is 17.4 Å². The third-order valence-corrected chi connectivity index (χ3v) is 5.93. The van der Waals surface area contributed by atoms with Gasteiger partial charge >= 0.3 is 0 Å². The summed E-state index contributed by atoms with van der Waals surface area (Å²) < 4.78 is 0. The third-order valence-electron chi connectivity index (χ3n) is 5.93. The fourth-order valence-electron chi connectivity index (χ4n) is 3.95. The van der Waals surface area contributed by atoms with Gasteiger partial charge in [-0.3, -0.25) is 4.79 Å². The van der Waals surface area contributed by atoms with Crippen LogP contribution in [-0.2, 0) is 11.2 Å². The van der Waals surface area contributed by atoms with Gasteiger partial charge in [-0.2, -0.15) is 0 Å². The minimum absolute atomic E-state index is 0.178. The van der Waals surface area contributed by atoms with E-state index in [9.17, 15) is 4.79 Å². The van der Waals surface area contributed by atoms with Crippen molar-refractivity contribution in [3.8, 4) is 0 Å². The van der Waals surface area contributed by atoms with Gasteiger partial charge in [0.1, 0.15) is 0 Å². The molecule has 0 saturated carbocycles.